The first-order valence-corrected chi connectivity index (χ1v) is 10.2. The summed E-state index contributed by atoms with van der Waals surface area (Å²) in [5.74, 6) is -0.805. The van der Waals surface area contributed by atoms with E-state index in [0.717, 1.165) is 5.69 Å². The number of carbonyl (C=O) groups excluding carboxylic acids is 3. The fraction of sp³-hybridized carbons (Fsp3) is 0.217. The van der Waals surface area contributed by atoms with Gasteiger partial charge in [0.05, 0.1) is 30.9 Å². The maximum Gasteiger partial charge on any atom is 0.243 e. The molecule has 1 fully saturated rings. The van der Waals surface area contributed by atoms with E-state index in [1.165, 1.54) is 7.11 Å². The molecule has 32 heavy (non-hydrogen) atoms. The molecule has 1 aliphatic heterocycles. The Balaban J connectivity index is 1.29. The molecule has 3 amide bonds. The lowest BCUT2D eigenvalue weighted by molar-refractivity contribution is -0.127. The van der Waals surface area contributed by atoms with E-state index in [4.69, 9.17) is 4.74 Å². The third-order valence-electron chi connectivity index (χ3n) is 5.21. The number of benzene rings is 2. The van der Waals surface area contributed by atoms with Crippen molar-refractivity contribution in [1.82, 2.24) is 15.1 Å². The molecule has 2 heterocycles. The number of hydrogen-bond acceptors (Lipinski definition) is 5. The summed E-state index contributed by atoms with van der Waals surface area (Å²) < 4.78 is 7.02. The molecule has 9 heteroatoms. The molecule has 3 aromatic rings. The highest BCUT2D eigenvalue weighted by Crippen LogP contribution is 2.32. The van der Waals surface area contributed by atoms with Gasteiger partial charge in [-0.15, -0.1) is 0 Å². The Labute approximate surface area is 185 Å². The average molecular weight is 433 g/mol. The first kappa shape index (κ1) is 21.1. The standard InChI is InChI=1S/C23H23N5O4/c1-32-20-6-3-2-5-19(20)27-15-16(13-22(27)30)23(31)24-14-21(29)26-17-7-9-18(10-8-17)28-12-4-11-25-28/h2-12,16H,13-15H2,1H3,(H,24,31)(H,26,29). The van der Waals surface area contributed by atoms with Crippen LogP contribution >= 0.6 is 0 Å². The molecule has 0 bridgehead atoms. The quantitative estimate of drug-likeness (QED) is 0.593. The minimum atomic E-state index is -0.534. The number of nitrogens with one attached hydrogen (secondary N) is 2. The summed E-state index contributed by atoms with van der Waals surface area (Å²) in [4.78, 5) is 38.8. The molecule has 4 rings (SSSR count). The van der Waals surface area contributed by atoms with Crippen LogP contribution in [0, 0.1) is 5.92 Å². The second-order valence-corrected chi connectivity index (χ2v) is 7.34. The first-order chi connectivity index (χ1) is 15.5. The van der Waals surface area contributed by atoms with E-state index in [2.05, 4.69) is 15.7 Å². The van der Waals surface area contributed by atoms with Gasteiger partial charge >= 0.3 is 0 Å². The molecule has 0 spiro atoms. The zero-order valence-corrected chi connectivity index (χ0v) is 17.5. The Hall–Kier alpha value is -4.14. The number of nitrogens with zero attached hydrogens (tertiary/aromatic N) is 3. The summed E-state index contributed by atoms with van der Waals surface area (Å²) in [5, 5.41) is 9.52. The van der Waals surface area contributed by atoms with Crippen molar-refractivity contribution < 1.29 is 19.1 Å². The summed E-state index contributed by atoms with van der Waals surface area (Å²) in [6.45, 7) is 0.0562. The molecule has 1 saturated heterocycles. The minimum absolute atomic E-state index is 0.0837. The maximum atomic E-state index is 12.5. The maximum absolute atomic E-state index is 12.5. The van der Waals surface area contributed by atoms with E-state index >= 15 is 0 Å². The topological polar surface area (TPSA) is 106 Å². The Morgan fingerprint density at radius 2 is 1.91 bits per heavy atom. The number of carbonyl (C=O) groups is 3. The summed E-state index contributed by atoms with van der Waals surface area (Å²) in [6, 6.07) is 16.2. The van der Waals surface area contributed by atoms with Crippen LogP contribution < -0.4 is 20.3 Å². The van der Waals surface area contributed by atoms with Gasteiger partial charge in [-0.05, 0) is 42.5 Å². The van der Waals surface area contributed by atoms with E-state index in [1.54, 1.807) is 40.0 Å². The molecular formula is C23H23N5O4. The largest absolute Gasteiger partial charge is 0.495 e. The highest BCUT2D eigenvalue weighted by Gasteiger charge is 2.36. The second kappa shape index (κ2) is 9.34. The number of aromatic nitrogens is 2. The minimum Gasteiger partial charge on any atom is -0.495 e. The van der Waals surface area contributed by atoms with Crippen molar-refractivity contribution in [3.63, 3.8) is 0 Å². The highest BCUT2D eigenvalue weighted by atomic mass is 16.5. The van der Waals surface area contributed by atoms with Crippen LogP contribution in [0.25, 0.3) is 5.69 Å². The number of anilines is 2. The van der Waals surface area contributed by atoms with E-state index < -0.39 is 5.92 Å². The summed E-state index contributed by atoms with van der Waals surface area (Å²) >= 11 is 0. The van der Waals surface area contributed by atoms with Crippen LogP contribution in [0.5, 0.6) is 5.75 Å². The number of amides is 3. The number of rotatable bonds is 7. The molecule has 0 radical (unpaired) electrons. The average Bonchev–Trinajstić information content (AvgIpc) is 3.48. The molecule has 9 nitrogen and oxygen atoms in total. The molecule has 1 aromatic heterocycles. The van der Waals surface area contributed by atoms with Gasteiger partial charge in [0, 0.05) is 31.0 Å². The van der Waals surface area contributed by atoms with E-state index in [-0.39, 0.29) is 37.2 Å². The van der Waals surface area contributed by atoms with Gasteiger partial charge in [-0.1, -0.05) is 12.1 Å². The molecule has 2 N–H and O–H groups in total. The molecular weight excluding hydrogens is 410 g/mol. The third kappa shape index (κ3) is 4.61. The summed E-state index contributed by atoms with van der Waals surface area (Å²) in [7, 11) is 1.53. The van der Waals surface area contributed by atoms with Gasteiger partial charge in [-0.3, -0.25) is 14.4 Å². The Kier molecular flexibility index (Phi) is 6.16. The lowest BCUT2D eigenvalue weighted by Gasteiger charge is -2.19. The summed E-state index contributed by atoms with van der Waals surface area (Å²) in [5.41, 5.74) is 2.11. The Morgan fingerprint density at radius 3 is 2.62 bits per heavy atom. The zero-order chi connectivity index (χ0) is 22.5. The van der Waals surface area contributed by atoms with Crippen molar-refractivity contribution in [3.8, 4) is 11.4 Å². The van der Waals surface area contributed by atoms with Crippen molar-refractivity contribution in [2.45, 2.75) is 6.42 Å². The van der Waals surface area contributed by atoms with Crippen molar-refractivity contribution in [2.24, 2.45) is 5.92 Å². The molecule has 0 aliphatic carbocycles. The molecule has 164 valence electrons. The van der Waals surface area contributed by atoms with Crippen LogP contribution in [0.4, 0.5) is 11.4 Å². The van der Waals surface area contributed by atoms with E-state index in [9.17, 15) is 14.4 Å². The molecule has 0 saturated carbocycles. The van der Waals surface area contributed by atoms with Crippen molar-refractivity contribution in [3.05, 3.63) is 67.0 Å². The van der Waals surface area contributed by atoms with E-state index in [0.29, 0.717) is 17.1 Å². The SMILES string of the molecule is COc1ccccc1N1CC(C(=O)NCC(=O)Nc2ccc(-n3cccn3)cc2)CC1=O. The fourth-order valence-electron chi connectivity index (χ4n) is 3.60. The highest BCUT2D eigenvalue weighted by molar-refractivity contribution is 6.02. The zero-order valence-electron chi connectivity index (χ0n) is 17.5. The molecule has 1 aliphatic rings. The molecule has 1 unspecified atom stereocenters. The fourth-order valence-corrected chi connectivity index (χ4v) is 3.60. The lowest BCUT2D eigenvalue weighted by Crippen LogP contribution is -2.37. The van der Waals surface area contributed by atoms with Gasteiger partial charge in [-0.2, -0.15) is 5.10 Å². The summed E-state index contributed by atoms with van der Waals surface area (Å²) in [6.07, 6.45) is 3.60. The Morgan fingerprint density at radius 1 is 1.12 bits per heavy atom. The predicted octanol–water partition coefficient (Wildman–Crippen LogP) is 1.99. The molecule has 2 aromatic carbocycles. The van der Waals surface area contributed by atoms with Crippen LogP contribution in [-0.2, 0) is 14.4 Å². The number of ether oxygens (including phenoxy) is 1. The van der Waals surface area contributed by atoms with Crippen LogP contribution in [0.1, 0.15) is 6.42 Å². The van der Waals surface area contributed by atoms with Crippen molar-refractivity contribution in [2.75, 3.05) is 30.4 Å². The van der Waals surface area contributed by atoms with Gasteiger partial charge in [0.25, 0.3) is 0 Å². The van der Waals surface area contributed by atoms with Gasteiger partial charge in [0.1, 0.15) is 5.75 Å². The third-order valence-corrected chi connectivity index (χ3v) is 5.21. The number of methoxy groups -OCH3 is 1. The van der Waals surface area contributed by atoms with Crippen molar-refractivity contribution >= 4 is 29.1 Å². The second-order valence-electron chi connectivity index (χ2n) is 7.34. The number of para-hydroxylation sites is 2. The van der Waals surface area contributed by atoms with Crippen LogP contribution in [0.2, 0.25) is 0 Å². The first-order valence-electron chi connectivity index (χ1n) is 10.2. The smallest absolute Gasteiger partial charge is 0.243 e. The monoisotopic (exact) mass is 433 g/mol. The normalized spacial score (nSPS) is 15.5. The van der Waals surface area contributed by atoms with Crippen LogP contribution in [-0.4, -0.2) is 47.7 Å². The van der Waals surface area contributed by atoms with Gasteiger partial charge in [0.2, 0.25) is 17.7 Å². The van der Waals surface area contributed by atoms with Gasteiger partial charge in [-0.25, -0.2) is 4.68 Å². The Bertz CT molecular complexity index is 1110. The predicted molar refractivity (Wildman–Crippen MR) is 119 cm³/mol. The van der Waals surface area contributed by atoms with Gasteiger partial charge < -0.3 is 20.3 Å². The number of hydrogen-bond donors (Lipinski definition) is 2. The van der Waals surface area contributed by atoms with E-state index in [1.807, 2.05) is 36.5 Å². The van der Waals surface area contributed by atoms with Crippen LogP contribution in [0.15, 0.2) is 67.0 Å². The van der Waals surface area contributed by atoms with Crippen LogP contribution in [0.3, 0.4) is 0 Å². The van der Waals surface area contributed by atoms with Crippen molar-refractivity contribution in [1.29, 1.82) is 0 Å². The van der Waals surface area contributed by atoms with Gasteiger partial charge in [0.15, 0.2) is 0 Å². The molecule has 1 atom stereocenters. The lowest BCUT2D eigenvalue weighted by atomic mass is 10.1.